The van der Waals surface area contributed by atoms with Gasteiger partial charge in [0.25, 0.3) is 0 Å². The van der Waals surface area contributed by atoms with Crippen molar-refractivity contribution in [1.82, 2.24) is 23.7 Å². The van der Waals surface area contributed by atoms with Crippen LogP contribution in [0.5, 0.6) is 0 Å². The summed E-state index contributed by atoms with van der Waals surface area (Å²) < 4.78 is 9.94. The van der Waals surface area contributed by atoms with Gasteiger partial charge < -0.3 is 0 Å². The van der Waals surface area contributed by atoms with E-state index in [2.05, 4.69) is 35.0 Å². The molecule has 0 N–H and O–H groups in total. The van der Waals surface area contributed by atoms with Gasteiger partial charge in [0.2, 0.25) is 0 Å². The van der Waals surface area contributed by atoms with Gasteiger partial charge in [-0.3, -0.25) is 0 Å². The zero-order chi connectivity index (χ0) is 12.7. The molecule has 0 unspecified atom stereocenters. The number of hydrogen-bond acceptors (Lipinski definition) is 5. The summed E-state index contributed by atoms with van der Waals surface area (Å²) >= 11 is 16.7. The van der Waals surface area contributed by atoms with E-state index in [1.807, 2.05) is 0 Å². The predicted octanol–water partition coefficient (Wildman–Crippen LogP) is 3.47. The number of alkyl halides is 1. The Morgan fingerprint density at radius 3 is 2.72 bits per heavy atom. The quantitative estimate of drug-likeness (QED) is 0.653. The molecule has 2 heterocycles. The van der Waals surface area contributed by atoms with Gasteiger partial charge in [0.1, 0.15) is 16.7 Å². The van der Waals surface area contributed by atoms with Crippen molar-refractivity contribution in [2.75, 3.05) is 0 Å². The Morgan fingerprint density at radius 2 is 2.00 bits per heavy atom. The zero-order valence-corrected chi connectivity index (χ0v) is 12.6. The standard InChI is InChI=1S/C9H4BrCl2N5S/c10-2-4-3-17(16-13-4)9-6(12)1-5(11)7-8(9)15-18-14-7/h1,3H,2H2. The second-order valence-electron chi connectivity index (χ2n) is 3.44. The van der Waals surface area contributed by atoms with E-state index in [1.54, 1.807) is 16.9 Å². The molecular formula is C9H4BrCl2N5S. The van der Waals surface area contributed by atoms with Crippen molar-refractivity contribution in [2.24, 2.45) is 0 Å². The molecule has 0 atom stereocenters. The first-order valence-electron chi connectivity index (χ1n) is 4.78. The van der Waals surface area contributed by atoms with Crippen LogP contribution in [0.1, 0.15) is 5.69 Å². The molecule has 0 aliphatic rings. The first kappa shape index (κ1) is 12.3. The van der Waals surface area contributed by atoms with Gasteiger partial charge in [0.05, 0.1) is 33.7 Å². The van der Waals surface area contributed by atoms with Crippen molar-refractivity contribution >= 4 is 61.9 Å². The van der Waals surface area contributed by atoms with E-state index in [1.165, 1.54) is 0 Å². The molecule has 0 fully saturated rings. The Kier molecular flexibility index (Phi) is 3.23. The summed E-state index contributed by atoms with van der Waals surface area (Å²) in [6.45, 7) is 0. The van der Waals surface area contributed by atoms with Crippen molar-refractivity contribution in [3.8, 4) is 5.69 Å². The number of nitrogens with zero attached hydrogens (tertiary/aromatic N) is 5. The maximum Gasteiger partial charge on any atom is 0.133 e. The lowest BCUT2D eigenvalue weighted by atomic mass is 10.2. The smallest absolute Gasteiger partial charge is 0.133 e. The van der Waals surface area contributed by atoms with Crippen LogP contribution in [0.2, 0.25) is 10.0 Å². The average molecular weight is 365 g/mol. The SMILES string of the molecule is Clc1cc(Cl)c2nsnc2c1-n1cc(CBr)nn1. The first-order chi connectivity index (χ1) is 8.70. The Bertz CT molecular complexity index is 725. The molecule has 0 bridgehead atoms. The van der Waals surface area contributed by atoms with Crippen LogP contribution in [0, 0.1) is 0 Å². The van der Waals surface area contributed by atoms with E-state index >= 15 is 0 Å². The molecular weight excluding hydrogens is 361 g/mol. The molecule has 9 heteroatoms. The molecule has 0 radical (unpaired) electrons. The van der Waals surface area contributed by atoms with E-state index in [9.17, 15) is 0 Å². The average Bonchev–Trinajstić information content (AvgIpc) is 2.97. The highest BCUT2D eigenvalue weighted by Crippen LogP contribution is 2.33. The van der Waals surface area contributed by atoms with Crippen molar-refractivity contribution < 1.29 is 0 Å². The summed E-state index contributed by atoms with van der Waals surface area (Å²) in [6, 6.07) is 1.64. The summed E-state index contributed by atoms with van der Waals surface area (Å²) in [5.74, 6) is 0. The van der Waals surface area contributed by atoms with Crippen LogP contribution in [0.25, 0.3) is 16.7 Å². The maximum atomic E-state index is 6.20. The first-order valence-corrected chi connectivity index (χ1v) is 7.39. The monoisotopic (exact) mass is 363 g/mol. The lowest BCUT2D eigenvalue weighted by molar-refractivity contribution is 0.804. The van der Waals surface area contributed by atoms with Gasteiger partial charge >= 0.3 is 0 Å². The van der Waals surface area contributed by atoms with E-state index in [4.69, 9.17) is 23.2 Å². The third-order valence-corrected chi connectivity index (χ3v) is 4.00. The van der Waals surface area contributed by atoms with Gasteiger partial charge in [-0.05, 0) is 6.07 Å². The number of hydrogen-bond donors (Lipinski definition) is 0. The van der Waals surface area contributed by atoms with Gasteiger partial charge in [-0.15, -0.1) is 5.10 Å². The van der Waals surface area contributed by atoms with Gasteiger partial charge in [0, 0.05) is 5.33 Å². The Morgan fingerprint density at radius 1 is 1.22 bits per heavy atom. The molecule has 3 aromatic rings. The minimum Gasteiger partial charge on any atom is -0.217 e. The van der Waals surface area contributed by atoms with Gasteiger partial charge in [-0.25, -0.2) is 4.68 Å². The molecule has 92 valence electrons. The second-order valence-corrected chi connectivity index (χ2v) is 5.34. The topological polar surface area (TPSA) is 56.5 Å². The number of benzene rings is 1. The molecule has 0 aliphatic heterocycles. The lowest BCUT2D eigenvalue weighted by Crippen LogP contribution is -1.98. The highest BCUT2D eigenvalue weighted by Gasteiger charge is 2.16. The van der Waals surface area contributed by atoms with Crippen molar-refractivity contribution in [3.63, 3.8) is 0 Å². The Hall–Kier alpha value is -0.760. The highest BCUT2D eigenvalue weighted by atomic mass is 79.9. The van der Waals surface area contributed by atoms with E-state index in [0.717, 1.165) is 17.4 Å². The summed E-state index contributed by atoms with van der Waals surface area (Å²) in [4.78, 5) is 0. The van der Waals surface area contributed by atoms with Crippen LogP contribution in [0.3, 0.4) is 0 Å². The third kappa shape index (κ3) is 1.91. The number of fused-ring (bicyclic) bond motifs is 1. The zero-order valence-electron chi connectivity index (χ0n) is 8.64. The number of rotatable bonds is 2. The fourth-order valence-electron chi connectivity index (χ4n) is 1.55. The van der Waals surface area contributed by atoms with Crippen LogP contribution in [-0.4, -0.2) is 23.7 Å². The van der Waals surface area contributed by atoms with Gasteiger partial charge in [-0.1, -0.05) is 44.3 Å². The molecule has 1 aromatic carbocycles. The van der Waals surface area contributed by atoms with Crippen molar-refractivity contribution in [2.45, 2.75) is 5.33 Å². The van der Waals surface area contributed by atoms with Gasteiger partial charge in [0.15, 0.2) is 0 Å². The van der Waals surface area contributed by atoms with E-state index in [-0.39, 0.29) is 0 Å². The van der Waals surface area contributed by atoms with Gasteiger partial charge in [-0.2, -0.15) is 8.75 Å². The molecule has 0 saturated carbocycles. The fraction of sp³-hybridized carbons (Fsp3) is 0.111. The Balaban J connectivity index is 2.30. The van der Waals surface area contributed by atoms with Crippen LogP contribution in [-0.2, 0) is 5.33 Å². The van der Waals surface area contributed by atoms with Crippen LogP contribution in [0.4, 0.5) is 0 Å². The highest BCUT2D eigenvalue weighted by molar-refractivity contribution is 9.08. The maximum absolute atomic E-state index is 6.20. The molecule has 0 saturated heterocycles. The van der Waals surface area contributed by atoms with Crippen LogP contribution >= 0.6 is 50.9 Å². The second kappa shape index (κ2) is 4.73. The molecule has 5 nitrogen and oxygen atoms in total. The number of aromatic nitrogens is 5. The summed E-state index contributed by atoms with van der Waals surface area (Å²) in [7, 11) is 0. The third-order valence-electron chi connectivity index (χ3n) is 2.33. The van der Waals surface area contributed by atoms with E-state index in [0.29, 0.717) is 32.1 Å². The summed E-state index contributed by atoms with van der Waals surface area (Å²) in [6.07, 6.45) is 1.78. The molecule has 0 aliphatic carbocycles. The summed E-state index contributed by atoms with van der Waals surface area (Å²) in [5.41, 5.74) is 2.70. The molecule has 2 aromatic heterocycles. The van der Waals surface area contributed by atoms with Crippen molar-refractivity contribution in [3.05, 3.63) is 28.0 Å². The molecule has 18 heavy (non-hydrogen) atoms. The van der Waals surface area contributed by atoms with Crippen molar-refractivity contribution in [1.29, 1.82) is 0 Å². The normalized spacial score (nSPS) is 11.3. The fourth-order valence-corrected chi connectivity index (χ4v) is 3.00. The minimum absolute atomic E-state index is 0.464. The van der Waals surface area contributed by atoms with Crippen LogP contribution < -0.4 is 0 Å². The predicted molar refractivity (Wildman–Crippen MR) is 75.0 cm³/mol. The number of halogens is 3. The summed E-state index contributed by atoms with van der Waals surface area (Å²) in [5, 5.41) is 9.58. The molecule has 0 spiro atoms. The molecule has 3 rings (SSSR count). The largest absolute Gasteiger partial charge is 0.217 e. The minimum atomic E-state index is 0.464. The van der Waals surface area contributed by atoms with Crippen LogP contribution in [0.15, 0.2) is 12.3 Å². The van der Waals surface area contributed by atoms with E-state index < -0.39 is 0 Å². The Labute approximate surface area is 124 Å². The molecule has 0 amide bonds. The lowest BCUT2D eigenvalue weighted by Gasteiger charge is -2.04.